The molecule has 5 aliphatic carbocycles. The molecule has 2 aromatic heterocycles. The first-order chi connectivity index (χ1) is 39.2. The van der Waals surface area contributed by atoms with E-state index >= 15 is 0 Å². The average molecular weight is 1010 g/mol. The van der Waals surface area contributed by atoms with Gasteiger partial charge in [0.05, 0.1) is 50.3 Å². The van der Waals surface area contributed by atoms with Crippen LogP contribution in [-0.4, -0.2) is 21.6 Å². The van der Waals surface area contributed by atoms with Crippen LogP contribution in [-0.2, 0) is 12.1 Å². The van der Waals surface area contributed by atoms with Crippen molar-refractivity contribution in [3.63, 3.8) is 0 Å². The van der Waals surface area contributed by atoms with Crippen molar-refractivity contribution in [2.75, 3.05) is 4.90 Å². The number of hydrogen-bond acceptors (Lipinski definition) is 3. The lowest BCUT2D eigenvalue weighted by atomic mass is 9.70. The summed E-state index contributed by atoms with van der Waals surface area (Å²) >= 11 is 0. The zero-order chi connectivity index (χ0) is 52.2. The highest BCUT2D eigenvalue weighted by Crippen LogP contribution is 2.65. The number of aliphatic imine (C=N–C) groups is 2. The molecule has 0 atom stereocenters. The van der Waals surface area contributed by atoms with Crippen LogP contribution < -0.4 is 4.90 Å². The van der Waals surface area contributed by atoms with Gasteiger partial charge in [-0.1, -0.05) is 194 Å². The van der Waals surface area contributed by atoms with E-state index in [4.69, 9.17) is 4.99 Å². The van der Waals surface area contributed by atoms with Gasteiger partial charge in [0.25, 0.3) is 0 Å². The van der Waals surface area contributed by atoms with Crippen molar-refractivity contribution < 1.29 is 0 Å². The molecule has 376 valence electrons. The van der Waals surface area contributed by atoms with E-state index in [1.807, 2.05) is 0 Å². The Morgan fingerprint density at radius 2 is 1.18 bits per heavy atom. The molecule has 5 aliphatic rings. The standard InChI is InChI=1S/C74H55N5/c1-75-62-39-18-13-32-55(62)72(49-24-4-2-5-25-49)76-47-77-63-40-19-14-33-56(63)71-64(77)41-22-43-66(71)79(68-44-20-34-57-69-51-28-9-8-23-48(51)45-46-67(69)78(73(57)68)50-26-6-3-7-27-50)65-42-21-38-61-70(65)54-31-12-17-37-60(54)74(61)58-35-15-10-29-52(58)53-30-11-16-36-59(53)74/h3-4,6,8-17,19-26,28-38,40-46H,1-2,5,7,18,27,39,47H2/b76-72-. The van der Waals surface area contributed by atoms with Crippen LogP contribution >= 0.6 is 0 Å². The monoisotopic (exact) mass is 1010 g/mol. The van der Waals surface area contributed by atoms with E-state index in [1.54, 1.807) is 0 Å². The van der Waals surface area contributed by atoms with Crippen LogP contribution in [0.25, 0.3) is 82.3 Å². The molecule has 16 rings (SSSR count). The van der Waals surface area contributed by atoms with E-state index in [1.165, 1.54) is 93.6 Å². The van der Waals surface area contributed by atoms with Gasteiger partial charge in [-0.25, -0.2) is 0 Å². The van der Waals surface area contributed by atoms with Gasteiger partial charge in [-0.05, 0) is 143 Å². The number of nitrogens with zero attached hydrogens (tertiary/aromatic N) is 5. The van der Waals surface area contributed by atoms with Gasteiger partial charge in [-0.3, -0.25) is 9.98 Å². The largest absolute Gasteiger partial charge is 0.320 e. The maximum Gasteiger partial charge on any atom is 0.115 e. The molecule has 0 unspecified atom stereocenters. The predicted molar refractivity (Wildman–Crippen MR) is 332 cm³/mol. The molecule has 0 aliphatic heterocycles. The third-order valence-electron chi connectivity index (χ3n) is 17.7. The summed E-state index contributed by atoms with van der Waals surface area (Å²) in [6, 6.07) is 71.1. The summed E-state index contributed by atoms with van der Waals surface area (Å²) in [6.45, 7) is 4.45. The van der Waals surface area contributed by atoms with Gasteiger partial charge in [0, 0.05) is 44.1 Å². The number of aromatic nitrogens is 2. The van der Waals surface area contributed by atoms with Gasteiger partial charge < -0.3 is 14.0 Å². The molecule has 11 aromatic rings. The van der Waals surface area contributed by atoms with Crippen molar-refractivity contribution in [1.82, 2.24) is 9.13 Å². The van der Waals surface area contributed by atoms with Crippen LogP contribution in [0, 0.1) is 0 Å². The highest BCUT2D eigenvalue weighted by Gasteiger charge is 2.52. The van der Waals surface area contributed by atoms with Gasteiger partial charge in [-0.15, -0.1) is 0 Å². The number of fused-ring (bicyclic) bond motifs is 18. The number of rotatable bonds is 9. The quantitative estimate of drug-likeness (QED) is 0.133. The molecule has 0 bridgehead atoms. The number of allylic oxidation sites excluding steroid dienone is 12. The van der Waals surface area contributed by atoms with Crippen molar-refractivity contribution in [2.45, 2.75) is 50.6 Å². The van der Waals surface area contributed by atoms with Crippen LogP contribution in [0.3, 0.4) is 0 Å². The first-order valence-corrected chi connectivity index (χ1v) is 28.0. The Balaban J connectivity index is 1.02. The normalized spacial score (nSPS) is 16.0. The highest BCUT2D eigenvalue weighted by molar-refractivity contribution is 6.25. The molecular weight excluding hydrogens is 959 g/mol. The van der Waals surface area contributed by atoms with Crippen molar-refractivity contribution in [2.24, 2.45) is 9.98 Å². The molecule has 0 radical (unpaired) electrons. The second-order valence-electron chi connectivity index (χ2n) is 21.6. The van der Waals surface area contributed by atoms with Crippen LogP contribution in [0.1, 0.15) is 60.8 Å². The van der Waals surface area contributed by atoms with Crippen LogP contribution in [0.4, 0.5) is 17.1 Å². The van der Waals surface area contributed by atoms with E-state index in [2.05, 4.69) is 262 Å². The Kier molecular flexibility index (Phi) is 10.4. The van der Waals surface area contributed by atoms with E-state index < -0.39 is 5.41 Å². The zero-order valence-electron chi connectivity index (χ0n) is 43.9. The summed E-state index contributed by atoms with van der Waals surface area (Å²) < 4.78 is 5.03. The van der Waals surface area contributed by atoms with Crippen LogP contribution in [0.2, 0.25) is 0 Å². The van der Waals surface area contributed by atoms with Gasteiger partial charge in [0.1, 0.15) is 6.67 Å². The van der Waals surface area contributed by atoms with Gasteiger partial charge in [0.2, 0.25) is 0 Å². The van der Waals surface area contributed by atoms with Gasteiger partial charge in [0.15, 0.2) is 0 Å². The number of benzene rings is 9. The van der Waals surface area contributed by atoms with E-state index in [0.29, 0.717) is 6.67 Å². The number of anilines is 3. The highest BCUT2D eigenvalue weighted by atomic mass is 15.2. The molecule has 0 saturated carbocycles. The minimum atomic E-state index is -0.523. The van der Waals surface area contributed by atoms with E-state index in [9.17, 15) is 0 Å². The molecule has 2 heterocycles. The van der Waals surface area contributed by atoms with E-state index in [-0.39, 0.29) is 0 Å². The lowest BCUT2D eigenvalue weighted by Crippen LogP contribution is -2.26. The Labute approximate surface area is 459 Å². The SMILES string of the molecule is C=NC1=C(/C(=N\Cn2c3ccccc3c3c(N(c4cccc5c4-c4ccccc4C54c5ccccc5-c5ccccc54)c4cccc5c6c7ccccc7ccc6n(C6=CC=CCC6)c45)cccc32)C2=CCCC=C2)C=CCC1. The van der Waals surface area contributed by atoms with Gasteiger partial charge >= 0.3 is 0 Å². The maximum atomic E-state index is 5.64. The third-order valence-corrected chi connectivity index (χ3v) is 17.7. The Bertz CT molecular complexity index is 4630. The van der Waals surface area contributed by atoms with Crippen molar-refractivity contribution in [3.05, 3.63) is 276 Å². The third kappa shape index (κ3) is 6.57. The van der Waals surface area contributed by atoms with Crippen molar-refractivity contribution in [3.8, 4) is 22.3 Å². The molecule has 79 heavy (non-hydrogen) atoms. The lowest BCUT2D eigenvalue weighted by molar-refractivity contribution is 0.791. The first kappa shape index (κ1) is 45.6. The smallest absolute Gasteiger partial charge is 0.115 e. The minimum absolute atomic E-state index is 0.420. The van der Waals surface area contributed by atoms with Gasteiger partial charge in [-0.2, -0.15) is 0 Å². The topological polar surface area (TPSA) is 37.8 Å². The second kappa shape index (κ2) is 18.0. The Hall–Kier alpha value is -9.58. The molecule has 0 saturated heterocycles. The maximum absolute atomic E-state index is 5.64. The molecule has 0 N–H and O–H groups in total. The molecule has 9 aromatic carbocycles. The molecule has 5 nitrogen and oxygen atoms in total. The average Bonchev–Trinajstić information content (AvgIpc) is 3.60. The van der Waals surface area contributed by atoms with Crippen molar-refractivity contribution >= 4 is 89.6 Å². The summed E-state index contributed by atoms with van der Waals surface area (Å²) in [5.74, 6) is 0. The summed E-state index contributed by atoms with van der Waals surface area (Å²) in [4.78, 5) is 12.9. The fourth-order valence-corrected chi connectivity index (χ4v) is 14.5. The first-order valence-electron chi connectivity index (χ1n) is 28.0. The molecule has 1 spiro atoms. The number of hydrogen-bond donors (Lipinski definition) is 0. The Morgan fingerprint density at radius 3 is 1.97 bits per heavy atom. The summed E-state index contributed by atoms with van der Waals surface area (Å²) in [6.07, 6.45) is 23.9. The minimum Gasteiger partial charge on any atom is -0.320 e. The zero-order valence-corrected chi connectivity index (χ0v) is 43.9. The molecular formula is C74H55N5. The second-order valence-corrected chi connectivity index (χ2v) is 21.6. The van der Waals surface area contributed by atoms with Crippen LogP contribution in [0.15, 0.2) is 263 Å². The summed E-state index contributed by atoms with van der Waals surface area (Å²) in [5.41, 5.74) is 23.4. The fraction of sp³-hybridized carbons (Fsp3) is 0.108. The lowest BCUT2D eigenvalue weighted by Gasteiger charge is -2.32. The fourth-order valence-electron chi connectivity index (χ4n) is 14.5. The summed E-state index contributed by atoms with van der Waals surface area (Å²) in [5, 5.41) is 7.36. The van der Waals surface area contributed by atoms with Crippen LogP contribution in [0.5, 0.6) is 0 Å². The Morgan fingerprint density at radius 1 is 0.519 bits per heavy atom. The number of para-hydroxylation sites is 2. The molecule has 5 heteroatoms. The van der Waals surface area contributed by atoms with E-state index in [0.717, 1.165) is 89.2 Å². The molecule has 0 fully saturated rings. The van der Waals surface area contributed by atoms with Crippen molar-refractivity contribution in [1.29, 1.82) is 0 Å². The summed E-state index contributed by atoms with van der Waals surface area (Å²) in [7, 11) is 0. The predicted octanol–water partition coefficient (Wildman–Crippen LogP) is 19.0. The molecule has 0 amide bonds.